The second-order valence-corrected chi connectivity index (χ2v) is 5.03. The Kier molecular flexibility index (Phi) is 2.93. The molecule has 8 heteroatoms. The normalized spacial score (nSPS) is 16.9. The van der Waals surface area contributed by atoms with Gasteiger partial charge in [-0.15, -0.1) is 0 Å². The molecule has 1 aliphatic heterocycles. The average Bonchev–Trinajstić information content (AvgIpc) is 3.22. The van der Waals surface area contributed by atoms with Crippen LogP contribution in [0.15, 0.2) is 18.2 Å². The van der Waals surface area contributed by atoms with Crippen molar-refractivity contribution in [2.45, 2.75) is 18.9 Å². The lowest BCUT2D eigenvalue weighted by atomic mass is 10.1. The summed E-state index contributed by atoms with van der Waals surface area (Å²) in [5.74, 6) is -1.68. The van der Waals surface area contributed by atoms with E-state index in [0.29, 0.717) is 0 Å². The number of benzene rings is 1. The van der Waals surface area contributed by atoms with Crippen LogP contribution >= 0.6 is 0 Å². The van der Waals surface area contributed by atoms with Crippen LogP contribution in [0.2, 0.25) is 0 Å². The summed E-state index contributed by atoms with van der Waals surface area (Å²) in [6, 6.07) is 3.60. The molecule has 0 saturated heterocycles. The second-order valence-electron chi connectivity index (χ2n) is 5.03. The van der Waals surface area contributed by atoms with Crippen molar-refractivity contribution in [2.75, 3.05) is 6.54 Å². The number of imide groups is 1. The molecule has 2 aliphatic rings. The van der Waals surface area contributed by atoms with Crippen LogP contribution in [0.4, 0.5) is 5.69 Å². The minimum atomic E-state index is -0.676. The summed E-state index contributed by atoms with van der Waals surface area (Å²) >= 11 is 0. The molecule has 0 bridgehead atoms. The van der Waals surface area contributed by atoms with Crippen molar-refractivity contribution >= 4 is 23.4 Å². The van der Waals surface area contributed by atoms with Gasteiger partial charge in [-0.1, -0.05) is 0 Å². The van der Waals surface area contributed by atoms with E-state index >= 15 is 0 Å². The minimum Gasteiger partial charge on any atom is -0.352 e. The Balaban J connectivity index is 1.82. The number of amides is 3. The van der Waals surface area contributed by atoms with Gasteiger partial charge in [-0.05, 0) is 18.9 Å². The Morgan fingerprint density at radius 3 is 2.57 bits per heavy atom. The maximum Gasteiger partial charge on any atom is 0.270 e. The molecule has 3 rings (SSSR count). The number of nitro groups is 1. The van der Waals surface area contributed by atoms with Crippen molar-refractivity contribution in [1.82, 2.24) is 10.2 Å². The van der Waals surface area contributed by atoms with Crippen molar-refractivity contribution in [1.29, 1.82) is 0 Å². The van der Waals surface area contributed by atoms with Gasteiger partial charge in [0.2, 0.25) is 5.91 Å². The van der Waals surface area contributed by atoms with E-state index in [-0.39, 0.29) is 29.4 Å². The minimum absolute atomic E-state index is 0.0339. The molecule has 21 heavy (non-hydrogen) atoms. The summed E-state index contributed by atoms with van der Waals surface area (Å²) in [7, 11) is 0. The lowest BCUT2D eigenvalue weighted by Crippen LogP contribution is -2.41. The molecule has 1 aromatic rings. The van der Waals surface area contributed by atoms with Crippen molar-refractivity contribution in [3.63, 3.8) is 0 Å². The molecule has 1 aromatic carbocycles. The average molecular weight is 289 g/mol. The Morgan fingerprint density at radius 2 is 1.95 bits per heavy atom. The van der Waals surface area contributed by atoms with E-state index in [2.05, 4.69) is 5.32 Å². The monoisotopic (exact) mass is 289 g/mol. The molecule has 1 saturated carbocycles. The molecular weight excluding hydrogens is 278 g/mol. The maximum absolute atomic E-state index is 12.1. The van der Waals surface area contributed by atoms with Crippen molar-refractivity contribution in [3.8, 4) is 0 Å². The number of hydrogen-bond acceptors (Lipinski definition) is 5. The van der Waals surface area contributed by atoms with Gasteiger partial charge in [0.05, 0.1) is 16.1 Å². The fraction of sp³-hybridized carbons (Fsp3) is 0.308. The zero-order valence-electron chi connectivity index (χ0n) is 10.9. The topological polar surface area (TPSA) is 110 Å². The number of nitrogens with one attached hydrogen (secondary N) is 1. The molecule has 1 heterocycles. The lowest BCUT2D eigenvalue weighted by molar-refractivity contribution is -0.384. The first kappa shape index (κ1) is 13.2. The molecule has 0 radical (unpaired) electrons. The summed E-state index contributed by atoms with van der Waals surface area (Å²) in [5.41, 5.74) is -0.211. The van der Waals surface area contributed by atoms with Gasteiger partial charge in [-0.3, -0.25) is 29.4 Å². The molecule has 3 amide bonds. The molecule has 0 aromatic heterocycles. The van der Waals surface area contributed by atoms with E-state index < -0.39 is 22.6 Å². The van der Waals surface area contributed by atoms with E-state index in [4.69, 9.17) is 0 Å². The fourth-order valence-corrected chi connectivity index (χ4v) is 2.18. The number of carbonyl (C=O) groups excluding carboxylic acids is 3. The standard InChI is InChI=1S/C13H11N3O5/c17-11(14-7-1-2-7)6-15-12(18)9-4-3-8(16(20)21)5-10(9)13(15)19/h3-5,7H,1-2,6H2,(H,14,17). The van der Waals surface area contributed by atoms with Gasteiger partial charge in [0, 0.05) is 18.2 Å². The van der Waals surface area contributed by atoms with E-state index in [1.165, 1.54) is 6.07 Å². The Hall–Kier alpha value is -2.77. The fourth-order valence-electron chi connectivity index (χ4n) is 2.18. The van der Waals surface area contributed by atoms with Gasteiger partial charge in [0.1, 0.15) is 6.54 Å². The van der Waals surface area contributed by atoms with Crippen molar-refractivity contribution in [2.24, 2.45) is 0 Å². The Labute approximate surface area is 118 Å². The number of hydrogen-bond donors (Lipinski definition) is 1. The SMILES string of the molecule is O=C(CN1C(=O)c2ccc([N+](=O)[O-])cc2C1=O)NC1CC1. The van der Waals surface area contributed by atoms with Crippen LogP contribution in [-0.4, -0.2) is 40.1 Å². The van der Waals surface area contributed by atoms with Gasteiger partial charge < -0.3 is 5.32 Å². The predicted molar refractivity (Wildman–Crippen MR) is 69.6 cm³/mol. The molecular formula is C13H11N3O5. The van der Waals surface area contributed by atoms with E-state index in [1.807, 2.05) is 0 Å². The highest BCUT2D eigenvalue weighted by Crippen LogP contribution is 2.26. The number of rotatable bonds is 4. The van der Waals surface area contributed by atoms with Gasteiger partial charge in [-0.25, -0.2) is 0 Å². The molecule has 0 unspecified atom stereocenters. The van der Waals surface area contributed by atoms with Crippen LogP contribution in [0.1, 0.15) is 33.6 Å². The summed E-state index contributed by atoms with van der Waals surface area (Å²) < 4.78 is 0. The smallest absolute Gasteiger partial charge is 0.270 e. The third kappa shape index (κ3) is 2.35. The number of carbonyl (C=O) groups is 3. The zero-order chi connectivity index (χ0) is 15.1. The summed E-state index contributed by atoms with van der Waals surface area (Å²) in [6.45, 7) is -0.364. The van der Waals surface area contributed by atoms with Crippen LogP contribution in [-0.2, 0) is 4.79 Å². The van der Waals surface area contributed by atoms with Gasteiger partial charge in [-0.2, -0.15) is 0 Å². The number of fused-ring (bicyclic) bond motifs is 1. The number of non-ortho nitro benzene ring substituents is 1. The zero-order valence-corrected chi connectivity index (χ0v) is 10.9. The van der Waals surface area contributed by atoms with Crippen molar-refractivity contribution < 1.29 is 19.3 Å². The quantitative estimate of drug-likeness (QED) is 0.492. The van der Waals surface area contributed by atoms with Crippen LogP contribution in [0, 0.1) is 10.1 Å². The van der Waals surface area contributed by atoms with Crippen LogP contribution < -0.4 is 5.32 Å². The first-order chi connectivity index (χ1) is 9.97. The first-order valence-electron chi connectivity index (χ1n) is 6.41. The third-order valence-electron chi connectivity index (χ3n) is 3.41. The molecule has 1 aliphatic carbocycles. The van der Waals surface area contributed by atoms with E-state index in [0.717, 1.165) is 29.9 Å². The van der Waals surface area contributed by atoms with Crippen LogP contribution in [0.25, 0.3) is 0 Å². The van der Waals surface area contributed by atoms with E-state index in [9.17, 15) is 24.5 Å². The van der Waals surface area contributed by atoms with Gasteiger partial charge in [0.15, 0.2) is 0 Å². The molecule has 1 fully saturated rings. The largest absolute Gasteiger partial charge is 0.352 e. The van der Waals surface area contributed by atoms with Gasteiger partial charge in [0.25, 0.3) is 17.5 Å². The first-order valence-corrected chi connectivity index (χ1v) is 6.41. The predicted octanol–water partition coefficient (Wildman–Crippen LogP) is 0.469. The second kappa shape index (κ2) is 4.65. The molecule has 108 valence electrons. The number of nitro benzene ring substituents is 1. The summed E-state index contributed by atoms with van der Waals surface area (Å²) in [4.78, 5) is 46.8. The highest BCUT2D eigenvalue weighted by atomic mass is 16.6. The lowest BCUT2D eigenvalue weighted by Gasteiger charge is -2.13. The van der Waals surface area contributed by atoms with Crippen molar-refractivity contribution in [3.05, 3.63) is 39.4 Å². The van der Waals surface area contributed by atoms with Crippen LogP contribution in [0.5, 0.6) is 0 Å². The van der Waals surface area contributed by atoms with E-state index in [1.54, 1.807) is 0 Å². The van der Waals surface area contributed by atoms with Crippen LogP contribution in [0.3, 0.4) is 0 Å². The van der Waals surface area contributed by atoms with Gasteiger partial charge >= 0.3 is 0 Å². The molecule has 0 atom stereocenters. The summed E-state index contributed by atoms with van der Waals surface area (Å²) in [5, 5.41) is 13.4. The number of nitrogens with zero attached hydrogens (tertiary/aromatic N) is 2. The maximum atomic E-state index is 12.1. The third-order valence-corrected chi connectivity index (χ3v) is 3.41. The molecule has 8 nitrogen and oxygen atoms in total. The molecule has 1 N–H and O–H groups in total. The highest BCUT2D eigenvalue weighted by Gasteiger charge is 2.38. The molecule has 0 spiro atoms. The highest BCUT2D eigenvalue weighted by molar-refractivity contribution is 6.22. The Bertz CT molecular complexity index is 680. The Morgan fingerprint density at radius 1 is 1.29 bits per heavy atom. The summed E-state index contributed by atoms with van der Waals surface area (Å²) in [6.07, 6.45) is 1.81.